The van der Waals surface area contributed by atoms with Crippen LogP contribution in [0.25, 0.3) is 0 Å². The number of rotatable bonds is 3. The Morgan fingerprint density at radius 1 is 1.67 bits per heavy atom. The number of hydrogen-bond acceptors (Lipinski definition) is 2. The molecule has 54 valence electrons. The lowest BCUT2D eigenvalue weighted by molar-refractivity contribution is -0.138. The summed E-state index contributed by atoms with van der Waals surface area (Å²) in [6, 6.07) is -0.690. The van der Waals surface area contributed by atoms with Crippen molar-refractivity contribution in [3.63, 3.8) is 0 Å². The number of hydrogen-bond donors (Lipinski definition) is 2. The van der Waals surface area contributed by atoms with Crippen LogP contribution < -0.4 is 5.73 Å². The second kappa shape index (κ2) is 3.45. The van der Waals surface area contributed by atoms with Crippen molar-refractivity contribution in [3.05, 3.63) is 0 Å². The summed E-state index contributed by atoms with van der Waals surface area (Å²) in [5, 5.41) is 8.31. The van der Waals surface area contributed by atoms with Gasteiger partial charge in [-0.3, -0.25) is 4.79 Å². The molecule has 0 aliphatic carbocycles. The Morgan fingerprint density at radius 3 is 2.22 bits per heavy atom. The van der Waals surface area contributed by atoms with Crippen LogP contribution in [0, 0.1) is 5.92 Å². The lowest BCUT2D eigenvalue weighted by Gasteiger charge is -2.07. The van der Waals surface area contributed by atoms with E-state index in [1.165, 1.54) is 0 Å². The van der Waals surface area contributed by atoms with Gasteiger partial charge in [0.15, 0.2) is 0 Å². The molecular weight excluding hydrogens is 117 g/mol. The first kappa shape index (κ1) is 8.43. The topological polar surface area (TPSA) is 63.3 Å². The highest BCUT2D eigenvalue weighted by atomic mass is 16.4. The molecule has 0 bridgehead atoms. The van der Waals surface area contributed by atoms with E-state index in [1.54, 1.807) is 0 Å². The quantitative estimate of drug-likeness (QED) is 0.582. The molecule has 0 radical (unpaired) electrons. The summed E-state index contributed by atoms with van der Waals surface area (Å²) in [6.07, 6.45) is 0.551. The van der Waals surface area contributed by atoms with Gasteiger partial charge in [0.25, 0.3) is 0 Å². The van der Waals surface area contributed by atoms with Crippen molar-refractivity contribution in [1.29, 1.82) is 0 Å². The molecule has 3 N–H and O–H groups in total. The summed E-state index contributed by atoms with van der Waals surface area (Å²) in [6.45, 7) is 3.89. The van der Waals surface area contributed by atoms with Gasteiger partial charge < -0.3 is 10.8 Å². The van der Waals surface area contributed by atoms with Gasteiger partial charge in [-0.1, -0.05) is 13.8 Å². The molecule has 0 aromatic rings. The summed E-state index contributed by atoms with van der Waals surface area (Å²) in [4.78, 5) is 10.1. The average molecular weight is 130 g/mol. The van der Waals surface area contributed by atoms with Crippen LogP contribution in [0.1, 0.15) is 20.3 Å². The fraction of sp³-hybridized carbons (Fsp3) is 0.833. The molecule has 3 nitrogen and oxygen atoms in total. The number of carboxylic acid groups (broad SMARTS) is 1. The molecule has 0 aliphatic heterocycles. The summed E-state index contributed by atoms with van der Waals surface area (Å²) >= 11 is 0. The lowest BCUT2D eigenvalue weighted by Crippen LogP contribution is -2.31. The smallest absolute Gasteiger partial charge is 0.320 e. The van der Waals surface area contributed by atoms with Gasteiger partial charge in [0.2, 0.25) is 0 Å². The Morgan fingerprint density at radius 2 is 2.11 bits per heavy atom. The van der Waals surface area contributed by atoms with Crippen LogP contribution in [0.5, 0.6) is 0 Å². The molecule has 0 aromatic heterocycles. The lowest BCUT2D eigenvalue weighted by atomic mass is 10.0. The molecule has 0 fully saturated rings. The van der Waals surface area contributed by atoms with Crippen LogP contribution >= 0.6 is 0 Å². The molecule has 0 spiro atoms. The van der Waals surface area contributed by atoms with Crippen molar-refractivity contribution < 1.29 is 9.90 Å². The zero-order valence-corrected chi connectivity index (χ0v) is 5.79. The zero-order chi connectivity index (χ0) is 7.44. The van der Waals surface area contributed by atoms with Crippen molar-refractivity contribution in [2.24, 2.45) is 11.7 Å². The average Bonchev–Trinajstić information content (AvgIpc) is 1.63. The number of carboxylic acids is 1. The standard InChI is InChI=1S/C6H13NO2/c1-4(2)3-5(7)6(8)9/h4-5H,3,7H2,1-2H3,(H,8,9)/i7-1. The van der Waals surface area contributed by atoms with Gasteiger partial charge in [-0.2, -0.15) is 0 Å². The third-order valence-corrected chi connectivity index (χ3v) is 1.04. The first-order valence-electron chi connectivity index (χ1n) is 3.02. The predicted molar refractivity (Wildman–Crippen MR) is 35.1 cm³/mol. The Labute approximate surface area is 54.9 Å². The van der Waals surface area contributed by atoms with Gasteiger partial charge in [0.05, 0.1) is 0 Å². The highest BCUT2D eigenvalue weighted by Gasteiger charge is 2.11. The van der Waals surface area contributed by atoms with E-state index in [2.05, 4.69) is 0 Å². The highest BCUT2D eigenvalue weighted by molar-refractivity contribution is 5.72. The van der Waals surface area contributed by atoms with Crippen LogP contribution in [-0.2, 0) is 4.79 Å². The van der Waals surface area contributed by atoms with Crippen molar-refractivity contribution in [1.82, 2.24) is 0 Å². The van der Waals surface area contributed by atoms with Gasteiger partial charge in [0, 0.05) is 0 Å². The summed E-state index contributed by atoms with van der Waals surface area (Å²) in [5.74, 6) is -0.556. The molecule has 3 heteroatoms. The van der Waals surface area contributed by atoms with Gasteiger partial charge in [-0.15, -0.1) is 0 Å². The fourth-order valence-electron chi connectivity index (χ4n) is 0.609. The van der Waals surface area contributed by atoms with Gasteiger partial charge in [-0.05, 0) is 12.3 Å². The number of carbonyl (C=O) groups is 1. The van der Waals surface area contributed by atoms with E-state index in [0.29, 0.717) is 12.3 Å². The molecule has 1 unspecified atom stereocenters. The Balaban J connectivity index is 3.50. The zero-order valence-electron chi connectivity index (χ0n) is 5.79. The molecule has 0 saturated carbocycles. The van der Waals surface area contributed by atoms with Crippen LogP contribution in [-0.4, -0.2) is 17.1 Å². The minimum absolute atomic E-state index is 0.357. The third kappa shape index (κ3) is 3.97. The number of aliphatic carboxylic acids is 1. The second-order valence-corrected chi connectivity index (χ2v) is 2.57. The molecule has 0 aromatic carbocycles. The summed E-state index contributed by atoms with van der Waals surface area (Å²) < 4.78 is 0. The van der Waals surface area contributed by atoms with Crippen molar-refractivity contribution in [2.75, 3.05) is 0 Å². The van der Waals surface area contributed by atoms with Crippen molar-refractivity contribution in [2.45, 2.75) is 26.3 Å². The van der Waals surface area contributed by atoms with Gasteiger partial charge >= 0.3 is 5.97 Å². The molecule has 0 rings (SSSR count). The SMILES string of the molecule is CC(C)CC([13NH2])C(=O)O. The van der Waals surface area contributed by atoms with E-state index < -0.39 is 12.0 Å². The van der Waals surface area contributed by atoms with Crippen LogP contribution in [0.3, 0.4) is 0 Å². The molecular formula is C6H13NO2. The Bertz CT molecular complexity index is 101. The van der Waals surface area contributed by atoms with E-state index in [1.807, 2.05) is 13.8 Å². The van der Waals surface area contributed by atoms with Crippen LogP contribution in [0.2, 0.25) is 0 Å². The number of nitrogens with two attached hydrogens (primary N) is 1. The van der Waals surface area contributed by atoms with E-state index >= 15 is 0 Å². The highest BCUT2D eigenvalue weighted by Crippen LogP contribution is 2.01. The van der Waals surface area contributed by atoms with Crippen molar-refractivity contribution in [3.8, 4) is 0 Å². The van der Waals surface area contributed by atoms with E-state index in [0.717, 1.165) is 0 Å². The third-order valence-electron chi connectivity index (χ3n) is 1.04. The first-order valence-corrected chi connectivity index (χ1v) is 3.02. The maximum Gasteiger partial charge on any atom is 0.320 e. The largest absolute Gasteiger partial charge is 0.480 e. The van der Waals surface area contributed by atoms with Crippen molar-refractivity contribution >= 4 is 5.97 Å². The molecule has 0 heterocycles. The molecule has 0 aliphatic rings. The Hall–Kier alpha value is -0.570. The molecule has 0 amide bonds. The van der Waals surface area contributed by atoms with Crippen LogP contribution in [0.15, 0.2) is 0 Å². The van der Waals surface area contributed by atoms with Gasteiger partial charge in [-0.25, -0.2) is 0 Å². The summed E-state index contributed by atoms with van der Waals surface area (Å²) in [7, 11) is 0. The van der Waals surface area contributed by atoms with Gasteiger partial charge in [0.1, 0.15) is 6.04 Å². The second-order valence-electron chi connectivity index (χ2n) is 2.57. The van der Waals surface area contributed by atoms with E-state index in [-0.39, 0.29) is 0 Å². The Kier molecular flexibility index (Phi) is 3.24. The van der Waals surface area contributed by atoms with Crippen LogP contribution in [0.4, 0.5) is 0 Å². The first-order chi connectivity index (χ1) is 4.04. The molecule has 9 heavy (non-hydrogen) atoms. The van der Waals surface area contributed by atoms with E-state index in [4.69, 9.17) is 10.8 Å². The minimum Gasteiger partial charge on any atom is -0.480 e. The maximum absolute atomic E-state index is 10.1. The molecule has 0 saturated heterocycles. The predicted octanol–water partition coefficient (Wildman–Crippen LogP) is 0.444. The molecule has 1 atom stereocenters. The monoisotopic (exact) mass is 130 g/mol. The fourth-order valence-corrected chi connectivity index (χ4v) is 0.609. The normalized spacial score (nSPS) is 13.8. The summed E-state index contributed by atoms with van der Waals surface area (Å²) in [5.41, 5.74) is 5.22. The van der Waals surface area contributed by atoms with E-state index in [9.17, 15) is 4.79 Å². The maximum atomic E-state index is 10.1. The minimum atomic E-state index is -0.913.